The molecule has 1 aromatic rings. The van der Waals surface area contributed by atoms with Gasteiger partial charge in [0.15, 0.2) is 0 Å². The molecule has 0 aromatic carbocycles. The Bertz CT molecular complexity index is 331. The van der Waals surface area contributed by atoms with E-state index in [1.54, 1.807) is 6.07 Å². The highest BCUT2D eigenvalue weighted by Crippen LogP contribution is 2.44. The molecule has 4 heteroatoms. The van der Waals surface area contributed by atoms with E-state index in [0.29, 0.717) is 11.7 Å². The Labute approximate surface area is 83.9 Å². The van der Waals surface area contributed by atoms with Crippen LogP contribution in [-0.2, 0) is 0 Å². The lowest BCUT2D eigenvalue weighted by atomic mass is 10.0. The number of anilines is 2. The quantitative estimate of drug-likeness (QED) is 0.764. The van der Waals surface area contributed by atoms with Crippen molar-refractivity contribution in [3.8, 4) is 0 Å². The van der Waals surface area contributed by atoms with Crippen LogP contribution in [-0.4, -0.2) is 15.5 Å². The predicted molar refractivity (Wildman–Crippen MR) is 56.9 cm³/mol. The molecule has 76 valence electrons. The summed E-state index contributed by atoms with van der Waals surface area (Å²) in [7, 11) is 0. The highest BCUT2D eigenvalue weighted by molar-refractivity contribution is 5.46. The van der Waals surface area contributed by atoms with E-state index in [1.807, 2.05) is 0 Å². The minimum Gasteiger partial charge on any atom is -0.384 e. The second kappa shape index (κ2) is 3.12. The molecule has 1 saturated carbocycles. The molecule has 0 unspecified atom stereocenters. The smallest absolute Gasteiger partial charge is 0.131 e. The van der Waals surface area contributed by atoms with Crippen LogP contribution in [0.2, 0.25) is 0 Å². The first kappa shape index (κ1) is 9.24. The van der Waals surface area contributed by atoms with Crippen molar-refractivity contribution in [1.29, 1.82) is 0 Å². The molecule has 1 heterocycles. The summed E-state index contributed by atoms with van der Waals surface area (Å²) in [5.41, 5.74) is 5.83. The maximum absolute atomic E-state index is 5.58. The molecule has 0 bridgehead atoms. The van der Waals surface area contributed by atoms with Crippen LogP contribution in [0.25, 0.3) is 0 Å². The summed E-state index contributed by atoms with van der Waals surface area (Å²) in [6.07, 6.45) is 3.93. The summed E-state index contributed by atoms with van der Waals surface area (Å²) in [5, 5.41) is 3.44. The van der Waals surface area contributed by atoms with Crippen molar-refractivity contribution < 1.29 is 0 Å². The molecule has 1 aromatic heterocycles. The van der Waals surface area contributed by atoms with Crippen LogP contribution >= 0.6 is 0 Å². The number of nitrogens with one attached hydrogen (secondary N) is 1. The van der Waals surface area contributed by atoms with Gasteiger partial charge in [-0.25, -0.2) is 9.97 Å². The van der Waals surface area contributed by atoms with Gasteiger partial charge in [-0.05, 0) is 18.8 Å². The van der Waals surface area contributed by atoms with Crippen LogP contribution in [0.15, 0.2) is 12.4 Å². The zero-order valence-electron chi connectivity index (χ0n) is 8.62. The van der Waals surface area contributed by atoms with Gasteiger partial charge in [0.1, 0.15) is 18.0 Å². The average molecular weight is 192 g/mol. The summed E-state index contributed by atoms with van der Waals surface area (Å²) in [5.74, 6) is 1.98. The molecule has 2 rings (SSSR count). The van der Waals surface area contributed by atoms with E-state index in [9.17, 15) is 0 Å². The van der Waals surface area contributed by atoms with Gasteiger partial charge in [-0.3, -0.25) is 0 Å². The first-order valence-corrected chi connectivity index (χ1v) is 4.98. The predicted octanol–water partition coefficient (Wildman–Crippen LogP) is 1.66. The van der Waals surface area contributed by atoms with Gasteiger partial charge in [0.25, 0.3) is 0 Å². The molecule has 3 N–H and O–H groups in total. The van der Waals surface area contributed by atoms with Crippen molar-refractivity contribution in [2.45, 2.75) is 32.2 Å². The highest BCUT2D eigenvalue weighted by Gasteiger charge is 2.45. The van der Waals surface area contributed by atoms with Crippen molar-refractivity contribution in [1.82, 2.24) is 9.97 Å². The Morgan fingerprint density at radius 2 is 2.14 bits per heavy atom. The Morgan fingerprint density at radius 3 is 2.64 bits per heavy atom. The van der Waals surface area contributed by atoms with E-state index in [4.69, 9.17) is 5.73 Å². The molecule has 14 heavy (non-hydrogen) atoms. The van der Waals surface area contributed by atoms with Crippen molar-refractivity contribution in [3.05, 3.63) is 12.4 Å². The third-order valence-corrected chi connectivity index (χ3v) is 2.96. The van der Waals surface area contributed by atoms with Crippen LogP contribution in [0.5, 0.6) is 0 Å². The van der Waals surface area contributed by atoms with E-state index in [2.05, 4.69) is 29.1 Å². The minimum atomic E-state index is 0.251. The molecule has 1 aliphatic rings. The summed E-state index contributed by atoms with van der Waals surface area (Å²) in [4.78, 5) is 8.01. The van der Waals surface area contributed by atoms with Crippen molar-refractivity contribution in [2.24, 2.45) is 5.92 Å². The standard InChI is InChI=1S/C10H16N4/c1-7(2)10(3-4-10)14-9-5-8(11)12-6-13-9/h5-7H,3-4H2,1-2H3,(H3,11,12,13,14). The molecule has 0 atom stereocenters. The van der Waals surface area contributed by atoms with Gasteiger partial charge >= 0.3 is 0 Å². The third-order valence-electron chi connectivity index (χ3n) is 2.96. The second-order valence-corrected chi connectivity index (χ2v) is 4.26. The molecule has 0 spiro atoms. The summed E-state index contributed by atoms with van der Waals surface area (Å²) < 4.78 is 0. The van der Waals surface area contributed by atoms with Crippen LogP contribution in [0.1, 0.15) is 26.7 Å². The number of rotatable bonds is 3. The van der Waals surface area contributed by atoms with Gasteiger partial charge in [0, 0.05) is 11.6 Å². The van der Waals surface area contributed by atoms with Gasteiger partial charge in [-0.1, -0.05) is 13.8 Å². The monoisotopic (exact) mass is 192 g/mol. The highest BCUT2D eigenvalue weighted by atomic mass is 15.1. The third kappa shape index (κ3) is 1.64. The topological polar surface area (TPSA) is 63.8 Å². The van der Waals surface area contributed by atoms with Crippen LogP contribution in [0.3, 0.4) is 0 Å². The maximum Gasteiger partial charge on any atom is 0.131 e. The maximum atomic E-state index is 5.58. The Balaban J connectivity index is 2.11. The largest absolute Gasteiger partial charge is 0.384 e. The van der Waals surface area contributed by atoms with Gasteiger partial charge in [-0.15, -0.1) is 0 Å². The second-order valence-electron chi connectivity index (χ2n) is 4.26. The molecular weight excluding hydrogens is 176 g/mol. The first-order valence-electron chi connectivity index (χ1n) is 4.98. The summed E-state index contributed by atoms with van der Waals surface area (Å²) in [6.45, 7) is 4.45. The zero-order valence-corrected chi connectivity index (χ0v) is 8.62. The number of nitrogen functional groups attached to an aromatic ring is 1. The van der Waals surface area contributed by atoms with Crippen LogP contribution in [0.4, 0.5) is 11.6 Å². The average Bonchev–Trinajstić information content (AvgIpc) is 2.85. The van der Waals surface area contributed by atoms with Gasteiger partial charge < -0.3 is 11.1 Å². The number of hydrogen-bond acceptors (Lipinski definition) is 4. The number of aromatic nitrogens is 2. The van der Waals surface area contributed by atoms with E-state index in [0.717, 1.165) is 5.82 Å². The number of nitrogens with two attached hydrogens (primary N) is 1. The van der Waals surface area contributed by atoms with Crippen molar-refractivity contribution in [2.75, 3.05) is 11.1 Å². The van der Waals surface area contributed by atoms with Crippen molar-refractivity contribution in [3.63, 3.8) is 0 Å². The van der Waals surface area contributed by atoms with E-state index < -0.39 is 0 Å². The van der Waals surface area contributed by atoms with E-state index in [-0.39, 0.29) is 5.54 Å². The molecule has 4 nitrogen and oxygen atoms in total. The van der Waals surface area contributed by atoms with E-state index in [1.165, 1.54) is 19.2 Å². The fourth-order valence-corrected chi connectivity index (χ4v) is 1.68. The first-order chi connectivity index (χ1) is 6.62. The summed E-state index contributed by atoms with van der Waals surface area (Å²) in [6, 6.07) is 1.78. The molecule has 0 radical (unpaired) electrons. The molecule has 1 fully saturated rings. The lowest BCUT2D eigenvalue weighted by Gasteiger charge is -2.21. The normalized spacial score (nSPS) is 18.2. The lowest BCUT2D eigenvalue weighted by molar-refractivity contribution is 0.510. The summed E-state index contributed by atoms with van der Waals surface area (Å²) >= 11 is 0. The Kier molecular flexibility index (Phi) is 2.06. The van der Waals surface area contributed by atoms with Gasteiger partial charge in [0.05, 0.1) is 0 Å². The van der Waals surface area contributed by atoms with Crippen LogP contribution < -0.4 is 11.1 Å². The SMILES string of the molecule is CC(C)C1(Nc2cc(N)ncn2)CC1. The molecule has 1 aliphatic carbocycles. The van der Waals surface area contributed by atoms with E-state index >= 15 is 0 Å². The Hall–Kier alpha value is -1.32. The fourth-order valence-electron chi connectivity index (χ4n) is 1.68. The molecule has 0 aliphatic heterocycles. The Morgan fingerprint density at radius 1 is 1.43 bits per heavy atom. The zero-order chi connectivity index (χ0) is 10.2. The number of hydrogen-bond donors (Lipinski definition) is 2. The van der Waals surface area contributed by atoms with Gasteiger partial charge in [0.2, 0.25) is 0 Å². The molecule has 0 saturated heterocycles. The minimum absolute atomic E-state index is 0.251. The number of nitrogens with zero attached hydrogens (tertiary/aromatic N) is 2. The van der Waals surface area contributed by atoms with Gasteiger partial charge in [-0.2, -0.15) is 0 Å². The van der Waals surface area contributed by atoms with Crippen molar-refractivity contribution >= 4 is 11.6 Å². The fraction of sp³-hybridized carbons (Fsp3) is 0.600. The molecular formula is C10H16N4. The van der Waals surface area contributed by atoms with Crippen LogP contribution in [0, 0.1) is 5.92 Å². The lowest BCUT2D eigenvalue weighted by Crippen LogP contribution is -2.28. The molecule has 0 amide bonds.